The van der Waals surface area contributed by atoms with E-state index in [9.17, 15) is 0 Å². The first-order valence-corrected chi connectivity index (χ1v) is 9.53. The zero-order valence-electron chi connectivity index (χ0n) is 18.9. The van der Waals surface area contributed by atoms with Crippen LogP contribution in [0.4, 0.5) is 0 Å². The lowest BCUT2D eigenvalue weighted by molar-refractivity contribution is -0.406. The van der Waals surface area contributed by atoms with Crippen molar-refractivity contribution in [2.24, 2.45) is 5.92 Å². The van der Waals surface area contributed by atoms with Gasteiger partial charge < -0.3 is 9.78 Å². The van der Waals surface area contributed by atoms with E-state index in [0.29, 0.717) is 17.9 Å². The number of hydrogen-bond donors (Lipinski definition) is 0. The van der Waals surface area contributed by atoms with Crippen LogP contribution in [0.2, 0.25) is 0 Å². The minimum atomic E-state index is -0.783. The molecule has 1 aliphatic carbocycles. The SMILES string of the molecule is CC(C)C1(OOC(C)(C)C)C=C(OOC(C)(C)C)C=C(OOC(C)(C)C)C1. The van der Waals surface area contributed by atoms with Crippen molar-refractivity contribution >= 4 is 0 Å². The highest BCUT2D eigenvalue weighted by molar-refractivity contribution is 5.28. The van der Waals surface area contributed by atoms with Crippen LogP contribution in [-0.2, 0) is 29.3 Å². The summed E-state index contributed by atoms with van der Waals surface area (Å²) < 4.78 is 0. The highest BCUT2D eigenvalue weighted by Gasteiger charge is 2.41. The van der Waals surface area contributed by atoms with Gasteiger partial charge in [-0.3, -0.25) is 0 Å². The molecule has 6 nitrogen and oxygen atoms in total. The predicted molar refractivity (Wildman–Crippen MR) is 104 cm³/mol. The van der Waals surface area contributed by atoms with Gasteiger partial charge >= 0.3 is 0 Å². The van der Waals surface area contributed by atoms with E-state index in [-0.39, 0.29) is 5.92 Å². The summed E-state index contributed by atoms with van der Waals surface area (Å²) in [6.45, 7) is 21.4. The lowest BCUT2D eigenvalue weighted by atomic mass is 9.83. The summed E-state index contributed by atoms with van der Waals surface area (Å²) in [7, 11) is 0. The maximum absolute atomic E-state index is 5.93. The number of allylic oxidation sites excluding steroid dienone is 1. The van der Waals surface area contributed by atoms with Crippen LogP contribution in [0, 0.1) is 5.92 Å². The van der Waals surface area contributed by atoms with Gasteiger partial charge in [-0.15, -0.1) is 0 Å². The van der Waals surface area contributed by atoms with Crippen molar-refractivity contribution in [2.45, 2.75) is 105 Å². The Labute approximate surface area is 164 Å². The molecule has 0 amide bonds. The monoisotopic (exact) mass is 386 g/mol. The molecule has 0 bridgehead atoms. The van der Waals surface area contributed by atoms with Crippen molar-refractivity contribution in [1.82, 2.24) is 0 Å². The molecule has 0 fully saturated rings. The summed E-state index contributed by atoms with van der Waals surface area (Å²) in [5, 5.41) is 0. The molecule has 0 radical (unpaired) electrons. The number of rotatable bonds is 7. The first-order valence-electron chi connectivity index (χ1n) is 9.53. The van der Waals surface area contributed by atoms with Gasteiger partial charge in [0.15, 0.2) is 5.76 Å². The van der Waals surface area contributed by atoms with E-state index in [2.05, 4.69) is 13.8 Å². The molecule has 0 heterocycles. The molecule has 1 aliphatic rings. The predicted octanol–water partition coefficient (Wildman–Crippen LogP) is 5.79. The summed E-state index contributed by atoms with van der Waals surface area (Å²) >= 11 is 0. The Morgan fingerprint density at radius 3 is 1.70 bits per heavy atom. The van der Waals surface area contributed by atoms with Gasteiger partial charge in [-0.25, -0.2) is 9.78 Å². The first-order chi connectivity index (χ1) is 12.0. The van der Waals surface area contributed by atoms with Gasteiger partial charge in [-0.05, 0) is 74.3 Å². The molecule has 0 spiro atoms. The normalized spacial score (nSPS) is 21.8. The fourth-order valence-corrected chi connectivity index (χ4v) is 1.99. The highest BCUT2D eigenvalue weighted by Crippen LogP contribution is 2.38. The molecule has 0 saturated carbocycles. The van der Waals surface area contributed by atoms with E-state index < -0.39 is 22.4 Å². The van der Waals surface area contributed by atoms with E-state index in [1.165, 1.54) is 0 Å². The van der Waals surface area contributed by atoms with Crippen molar-refractivity contribution in [1.29, 1.82) is 0 Å². The van der Waals surface area contributed by atoms with Crippen molar-refractivity contribution in [3.05, 3.63) is 23.7 Å². The summed E-state index contributed by atoms with van der Waals surface area (Å²) in [5.41, 5.74) is -2.15. The molecule has 0 aromatic rings. The minimum absolute atomic E-state index is 0.0787. The second kappa shape index (κ2) is 8.52. The topological polar surface area (TPSA) is 55.4 Å². The molecule has 6 heteroatoms. The van der Waals surface area contributed by atoms with Crippen molar-refractivity contribution < 1.29 is 29.3 Å². The summed E-state index contributed by atoms with van der Waals surface area (Å²) in [4.78, 5) is 33.7. The van der Waals surface area contributed by atoms with Gasteiger partial charge in [0.05, 0.1) is 5.60 Å². The average molecular weight is 387 g/mol. The van der Waals surface area contributed by atoms with Crippen molar-refractivity contribution in [2.75, 3.05) is 0 Å². The quantitative estimate of drug-likeness (QED) is 0.407. The molecular formula is C21H38O6. The lowest BCUT2D eigenvalue weighted by Gasteiger charge is -2.38. The van der Waals surface area contributed by atoms with E-state index in [1.807, 2.05) is 68.4 Å². The van der Waals surface area contributed by atoms with Gasteiger partial charge in [0.2, 0.25) is 0 Å². The smallest absolute Gasteiger partial charge is 0.167 e. The van der Waals surface area contributed by atoms with E-state index in [4.69, 9.17) is 29.3 Å². The molecule has 1 rings (SSSR count). The first kappa shape index (κ1) is 24.0. The van der Waals surface area contributed by atoms with Crippen LogP contribution in [0.5, 0.6) is 0 Å². The van der Waals surface area contributed by atoms with Gasteiger partial charge in [0, 0.05) is 12.5 Å². The summed E-state index contributed by atoms with van der Waals surface area (Å²) in [6.07, 6.45) is 4.07. The zero-order chi connectivity index (χ0) is 21.1. The maximum atomic E-state index is 5.93. The Bertz CT molecular complexity index is 542. The molecule has 0 aromatic carbocycles. The second-order valence-electron chi connectivity index (χ2n) is 10.3. The molecule has 0 aliphatic heterocycles. The van der Waals surface area contributed by atoms with Crippen LogP contribution in [0.15, 0.2) is 23.7 Å². The van der Waals surface area contributed by atoms with E-state index in [1.54, 1.807) is 6.08 Å². The fraction of sp³-hybridized carbons (Fsp3) is 0.810. The molecule has 0 saturated heterocycles. The van der Waals surface area contributed by atoms with Crippen LogP contribution in [0.25, 0.3) is 0 Å². The Morgan fingerprint density at radius 2 is 1.26 bits per heavy atom. The molecule has 27 heavy (non-hydrogen) atoms. The van der Waals surface area contributed by atoms with Crippen LogP contribution >= 0.6 is 0 Å². The van der Waals surface area contributed by atoms with Gasteiger partial charge in [0.1, 0.15) is 22.6 Å². The third-order valence-corrected chi connectivity index (χ3v) is 3.35. The van der Waals surface area contributed by atoms with Gasteiger partial charge in [0.25, 0.3) is 0 Å². The average Bonchev–Trinajstić information content (AvgIpc) is 2.47. The van der Waals surface area contributed by atoms with Crippen LogP contribution < -0.4 is 0 Å². The molecule has 1 unspecified atom stereocenters. The maximum Gasteiger partial charge on any atom is 0.167 e. The summed E-state index contributed by atoms with van der Waals surface area (Å²) in [6, 6.07) is 0. The van der Waals surface area contributed by atoms with E-state index in [0.717, 1.165) is 0 Å². The van der Waals surface area contributed by atoms with Gasteiger partial charge in [-0.1, -0.05) is 13.8 Å². The minimum Gasteiger partial charge on any atom is -0.341 e. The van der Waals surface area contributed by atoms with Crippen LogP contribution in [-0.4, -0.2) is 22.4 Å². The highest BCUT2D eigenvalue weighted by atomic mass is 17.2. The summed E-state index contributed by atoms with van der Waals surface area (Å²) in [5.74, 6) is 1.14. The molecular weight excluding hydrogens is 348 g/mol. The van der Waals surface area contributed by atoms with E-state index >= 15 is 0 Å². The van der Waals surface area contributed by atoms with Crippen molar-refractivity contribution in [3.63, 3.8) is 0 Å². The fourth-order valence-electron chi connectivity index (χ4n) is 1.99. The molecule has 1 atom stereocenters. The second-order valence-corrected chi connectivity index (χ2v) is 10.3. The number of hydrogen-bond acceptors (Lipinski definition) is 6. The van der Waals surface area contributed by atoms with Crippen LogP contribution in [0.1, 0.15) is 82.6 Å². The Hall–Kier alpha value is -1.08. The molecule has 0 N–H and O–H groups in total. The Morgan fingerprint density at radius 1 is 0.778 bits per heavy atom. The lowest BCUT2D eigenvalue weighted by Crippen LogP contribution is -2.42. The largest absolute Gasteiger partial charge is 0.341 e. The zero-order valence-corrected chi connectivity index (χ0v) is 18.9. The molecule has 0 aromatic heterocycles. The van der Waals surface area contributed by atoms with Crippen molar-refractivity contribution in [3.8, 4) is 0 Å². The third-order valence-electron chi connectivity index (χ3n) is 3.35. The third kappa shape index (κ3) is 9.10. The molecule has 158 valence electrons. The van der Waals surface area contributed by atoms with Gasteiger partial charge in [-0.2, -0.15) is 9.78 Å². The Balaban J connectivity index is 3.12. The Kier molecular flexibility index (Phi) is 7.56. The standard InChI is InChI=1S/C21H38O6/c1-15(2)21(27-26-20(9,10)11)13-16(22-24-18(3,4)5)12-17(14-21)23-25-19(6,7)8/h12-13,15H,14H2,1-11H3. The van der Waals surface area contributed by atoms with Crippen LogP contribution in [0.3, 0.4) is 0 Å².